The van der Waals surface area contributed by atoms with Crippen LogP contribution in [0.15, 0.2) is 18.2 Å². The lowest BCUT2D eigenvalue weighted by molar-refractivity contribution is 0.416. The predicted octanol–water partition coefficient (Wildman–Crippen LogP) is 1.22. The van der Waals surface area contributed by atoms with E-state index in [0.717, 1.165) is 0 Å². The summed E-state index contributed by atoms with van der Waals surface area (Å²) >= 11 is 0. The Morgan fingerprint density at radius 1 is 1.39 bits per heavy atom. The minimum absolute atomic E-state index is 0.193. The van der Waals surface area contributed by atoms with Crippen LogP contribution in [-0.4, -0.2) is 20.8 Å². The van der Waals surface area contributed by atoms with Gasteiger partial charge in [-0.3, -0.25) is 4.72 Å². The lowest BCUT2D eigenvalue weighted by Gasteiger charge is -2.12. The standard InChI is InChI=1S/C11H11N3O3S/c1-8(6-12)18(15,16)14-10-4-3-9(7-13)5-11(10)17-2/h3-5,8,14H,1-2H3. The molecule has 1 N–H and O–H groups in total. The summed E-state index contributed by atoms with van der Waals surface area (Å²) in [4.78, 5) is 0. The number of rotatable bonds is 4. The molecular weight excluding hydrogens is 254 g/mol. The van der Waals surface area contributed by atoms with Crippen molar-refractivity contribution in [3.63, 3.8) is 0 Å². The molecule has 94 valence electrons. The summed E-state index contributed by atoms with van der Waals surface area (Å²) in [5.41, 5.74) is 0.543. The van der Waals surface area contributed by atoms with Crippen LogP contribution in [0.3, 0.4) is 0 Å². The molecule has 1 aromatic rings. The molecule has 0 heterocycles. The third-order valence-electron chi connectivity index (χ3n) is 2.23. The van der Waals surface area contributed by atoms with Crippen molar-refractivity contribution in [3.8, 4) is 17.9 Å². The number of nitriles is 2. The van der Waals surface area contributed by atoms with E-state index < -0.39 is 15.3 Å². The topological polar surface area (TPSA) is 103 Å². The third-order valence-corrected chi connectivity index (χ3v) is 3.77. The molecule has 1 unspecified atom stereocenters. The zero-order valence-corrected chi connectivity index (χ0v) is 10.7. The van der Waals surface area contributed by atoms with Crippen molar-refractivity contribution in [2.24, 2.45) is 0 Å². The van der Waals surface area contributed by atoms with Gasteiger partial charge in [-0.2, -0.15) is 10.5 Å². The second-order valence-electron chi connectivity index (χ2n) is 3.45. The van der Waals surface area contributed by atoms with Gasteiger partial charge in [0.05, 0.1) is 30.5 Å². The molecular formula is C11H11N3O3S. The maximum atomic E-state index is 11.7. The highest BCUT2D eigenvalue weighted by Crippen LogP contribution is 2.26. The monoisotopic (exact) mass is 265 g/mol. The number of hydrogen-bond acceptors (Lipinski definition) is 5. The van der Waals surface area contributed by atoms with E-state index in [0.29, 0.717) is 5.56 Å². The van der Waals surface area contributed by atoms with Crippen LogP contribution in [-0.2, 0) is 10.0 Å². The average molecular weight is 265 g/mol. The first-order valence-corrected chi connectivity index (χ1v) is 6.48. The van der Waals surface area contributed by atoms with Crippen LogP contribution in [0.5, 0.6) is 5.75 Å². The first-order chi connectivity index (χ1) is 8.44. The number of ether oxygens (including phenoxy) is 1. The largest absolute Gasteiger partial charge is 0.495 e. The minimum Gasteiger partial charge on any atom is -0.495 e. The van der Waals surface area contributed by atoms with E-state index >= 15 is 0 Å². The normalized spacial score (nSPS) is 12.0. The van der Waals surface area contributed by atoms with Crippen LogP contribution < -0.4 is 9.46 Å². The predicted molar refractivity (Wildman–Crippen MR) is 65.3 cm³/mol. The Morgan fingerprint density at radius 2 is 2.06 bits per heavy atom. The van der Waals surface area contributed by atoms with E-state index in [1.807, 2.05) is 6.07 Å². The van der Waals surface area contributed by atoms with E-state index in [4.69, 9.17) is 15.3 Å². The summed E-state index contributed by atoms with van der Waals surface area (Å²) < 4.78 is 30.6. The summed E-state index contributed by atoms with van der Waals surface area (Å²) in [5, 5.41) is 16.2. The van der Waals surface area contributed by atoms with Crippen LogP contribution in [0.2, 0.25) is 0 Å². The molecule has 1 aromatic carbocycles. The highest BCUT2D eigenvalue weighted by atomic mass is 32.2. The molecule has 0 saturated heterocycles. The van der Waals surface area contributed by atoms with Gasteiger partial charge in [0.15, 0.2) is 5.25 Å². The molecule has 1 atom stereocenters. The Hall–Kier alpha value is -2.25. The summed E-state index contributed by atoms with van der Waals surface area (Å²) in [6.45, 7) is 1.28. The van der Waals surface area contributed by atoms with Gasteiger partial charge in [-0.25, -0.2) is 8.42 Å². The molecule has 0 aromatic heterocycles. The van der Waals surface area contributed by atoms with Crippen LogP contribution in [0, 0.1) is 22.7 Å². The van der Waals surface area contributed by atoms with Crippen molar-refractivity contribution in [2.45, 2.75) is 12.2 Å². The molecule has 7 heteroatoms. The molecule has 1 rings (SSSR count). The Labute approximate surface area is 105 Å². The van der Waals surface area contributed by atoms with Gasteiger partial charge in [-0.05, 0) is 19.1 Å². The van der Waals surface area contributed by atoms with Crippen molar-refractivity contribution in [1.82, 2.24) is 0 Å². The van der Waals surface area contributed by atoms with Crippen LogP contribution in [0.1, 0.15) is 12.5 Å². The van der Waals surface area contributed by atoms with Gasteiger partial charge in [-0.1, -0.05) is 0 Å². The summed E-state index contributed by atoms with van der Waals surface area (Å²) in [5.74, 6) is 0.225. The second kappa shape index (κ2) is 5.39. The summed E-state index contributed by atoms with van der Waals surface area (Å²) in [6.07, 6.45) is 0. The number of nitrogens with zero attached hydrogens (tertiary/aromatic N) is 2. The van der Waals surface area contributed by atoms with Gasteiger partial charge in [-0.15, -0.1) is 0 Å². The van der Waals surface area contributed by atoms with Crippen LogP contribution >= 0.6 is 0 Å². The Balaban J connectivity index is 3.14. The van der Waals surface area contributed by atoms with E-state index in [1.54, 1.807) is 6.07 Å². The number of benzene rings is 1. The highest BCUT2D eigenvalue weighted by Gasteiger charge is 2.21. The quantitative estimate of drug-likeness (QED) is 0.881. The van der Waals surface area contributed by atoms with Crippen molar-refractivity contribution < 1.29 is 13.2 Å². The minimum atomic E-state index is -3.79. The fourth-order valence-electron chi connectivity index (χ4n) is 1.16. The molecule has 0 aliphatic carbocycles. The smallest absolute Gasteiger partial charge is 0.248 e. The fraction of sp³-hybridized carbons (Fsp3) is 0.273. The fourth-order valence-corrected chi connectivity index (χ4v) is 1.95. The Morgan fingerprint density at radius 3 is 2.56 bits per heavy atom. The van der Waals surface area contributed by atoms with Crippen LogP contribution in [0.4, 0.5) is 5.69 Å². The first-order valence-electron chi connectivity index (χ1n) is 4.94. The SMILES string of the molecule is COc1cc(C#N)ccc1NS(=O)(=O)C(C)C#N. The third kappa shape index (κ3) is 2.90. The molecule has 0 aliphatic heterocycles. The summed E-state index contributed by atoms with van der Waals surface area (Å²) in [6, 6.07) is 7.84. The highest BCUT2D eigenvalue weighted by molar-refractivity contribution is 7.93. The molecule has 0 spiro atoms. The van der Waals surface area contributed by atoms with E-state index in [1.165, 1.54) is 32.2 Å². The van der Waals surface area contributed by atoms with Crippen LogP contribution in [0.25, 0.3) is 0 Å². The van der Waals surface area contributed by atoms with Gasteiger partial charge < -0.3 is 4.74 Å². The lowest BCUT2D eigenvalue weighted by Crippen LogP contribution is -2.24. The van der Waals surface area contributed by atoms with Gasteiger partial charge in [0.25, 0.3) is 0 Å². The van der Waals surface area contributed by atoms with E-state index in [9.17, 15) is 8.42 Å². The number of sulfonamides is 1. The Bertz CT molecular complexity index is 626. The average Bonchev–Trinajstić information content (AvgIpc) is 2.37. The molecule has 0 bridgehead atoms. The molecule has 6 nitrogen and oxygen atoms in total. The van der Waals surface area contributed by atoms with Gasteiger partial charge in [0.1, 0.15) is 5.75 Å². The number of hydrogen-bond donors (Lipinski definition) is 1. The first kappa shape index (κ1) is 13.8. The Kier molecular flexibility index (Phi) is 4.13. The lowest BCUT2D eigenvalue weighted by atomic mass is 10.2. The maximum Gasteiger partial charge on any atom is 0.248 e. The van der Waals surface area contributed by atoms with E-state index in [-0.39, 0.29) is 11.4 Å². The van der Waals surface area contributed by atoms with Gasteiger partial charge in [0, 0.05) is 6.07 Å². The summed E-state index contributed by atoms with van der Waals surface area (Å²) in [7, 11) is -2.43. The maximum absolute atomic E-state index is 11.7. The number of nitrogens with one attached hydrogen (secondary N) is 1. The van der Waals surface area contributed by atoms with E-state index in [2.05, 4.69) is 4.72 Å². The second-order valence-corrected chi connectivity index (χ2v) is 5.45. The zero-order valence-electron chi connectivity index (χ0n) is 9.84. The molecule has 0 fully saturated rings. The van der Waals surface area contributed by atoms with Crippen molar-refractivity contribution in [1.29, 1.82) is 10.5 Å². The van der Waals surface area contributed by atoms with Gasteiger partial charge >= 0.3 is 0 Å². The zero-order chi connectivity index (χ0) is 13.8. The molecule has 0 amide bonds. The van der Waals surface area contributed by atoms with Crippen molar-refractivity contribution in [2.75, 3.05) is 11.8 Å². The number of anilines is 1. The molecule has 0 radical (unpaired) electrons. The van der Waals surface area contributed by atoms with Crippen molar-refractivity contribution in [3.05, 3.63) is 23.8 Å². The van der Waals surface area contributed by atoms with Crippen molar-refractivity contribution >= 4 is 15.7 Å². The molecule has 18 heavy (non-hydrogen) atoms. The molecule has 0 saturated carbocycles. The molecule has 0 aliphatic rings. The number of methoxy groups -OCH3 is 1. The van der Waals surface area contributed by atoms with Gasteiger partial charge in [0.2, 0.25) is 10.0 Å².